The van der Waals surface area contributed by atoms with Gasteiger partial charge in [0.25, 0.3) is 0 Å². The first-order valence-corrected chi connectivity index (χ1v) is 20.4. The van der Waals surface area contributed by atoms with Crippen LogP contribution in [0.4, 0.5) is 5.82 Å². The molecule has 0 spiro atoms. The first-order valence-electron chi connectivity index (χ1n) is 13.0. The quantitative estimate of drug-likeness (QED) is 0.184. The maximum absolute atomic E-state index is 5.79. The summed E-state index contributed by atoms with van der Waals surface area (Å²) in [7, 11) is -2.05. The Hall–Kier alpha value is -3.07. The summed E-state index contributed by atoms with van der Waals surface area (Å²) < 4.78 is 17.4. The minimum absolute atomic E-state index is 0.515. The second-order valence-electron chi connectivity index (χ2n) is 11.9. The van der Waals surface area contributed by atoms with Gasteiger partial charge in [0.15, 0.2) is 0 Å². The highest BCUT2D eigenvalue weighted by atomic mass is 28.3. The number of fused-ring (bicyclic) bond motifs is 4. The smallest absolute Gasteiger partial charge is 0.148 e. The molecule has 38 heavy (non-hydrogen) atoms. The van der Waals surface area contributed by atoms with E-state index in [4.69, 9.17) is 15.2 Å². The Morgan fingerprint density at radius 1 is 0.711 bits per heavy atom. The van der Waals surface area contributed by atoms with Crippen molar-refractivity contribution in [2.45, 2.75) is 64.8 Å². The molecule has 0 unspecified atom stereocenters. The molecule has 0 amide bonds. The van der Waals surface area contributed by atoms with Gasteiger partial charge in [-0.2, -0.15) is 0 Å². The molecule has 0 bridgehead atoms. The lowest BCUT2D eigenvalue weighted by molar-refractivity contribution is 0.0898. The highest BCUT2D eigenvalue weighted by molar-refractivity contribution is 6.76. The number of hydrogen-bond acceptors (Lipinski definition) is 7. The third-order valence-electron chi connectivity index (χ3n) is 6.19. The van der Waals surface area contributed by atoms with E-state index in [-0.39, 0.29) is 0 Å². The van der Waals surface area contributed by atoms with Crippen molar-refractivity contribution in [3.05, 3.63) is 49.6 Å². The Morgan fingerprint density at radius 3 is 1.89 bits per heavy atom. The van der Waals surface area contributed by atoms with Gasteiger partial charge in [0.2, 0.25) is 0 Å². The van der Waals surface area contributed by atoms with Crippen molar-refractivity contribution in [3.63, 3.8) is 0 Å². The number of nitrogen functional groups attached to an aromatic ring is 1. The van der Waals surface area contributed by atoms with Gasteiger partial charge in [0, 0.05) is 54.1 Å². The fourth-order valence-electron chi connectivity index (χ4n) is 3.83. The maximum atomic E-state index is 5.79. The lowest BCUT2D eigenvalue weighted by atomic mass is 10.4. The monoisotopic (exact) mass is 552 g/mol. The Kier molecular flexibility index (Phi) is 8.65. The van der Waals surface area contributed by atoms with E-state index in [9.17, 15) is 0 Å². The van der Waals surface area contributed by atoms with Crippen LogP contribution in [0.2, 0.25) is 51.4 Å². The molecule has 0 atom stereocenters. The van der Waals surface area contributed by atoms with Crippen LogP contribution in [-0.4, -0.2) is 62.8 Å². The summed E-state index contributed by atoms with van der Waals surface area (Å²) in [6, 6.07) is 6.33. The summed E-state index contributed by atoms with van der Waals surface area (Å²) in [5, 5.41) is 1.94. The number of nitrogens with two attached hydrogens (primary N) is 1. The zero-order valence-electron chi connectivity index (χ0n) is 23.4. The van der Waals surface area contributed by atoms with Gasteiger partial charge in [-0.25, -0.2) is 19.9 Å². The van der Waals surface area contributed by atoms with Crippen molar-refractivity contribution in [3.8, 4) is 0 Å². The summed E-state index contributed by atoms with van der Waals surface area (Å²) in [4.78, 5) is 17.0. The van der Waals surface area contributed by atoms with E-state index in [1.807, 2.05) is 44.3 Å². The predicted molar refractivity (Wildman–Crippen MR) is 159 cm³/mol. The molecule has 0 aliphatic rings. The number of anilines is 1. The topological polar surface area (TPSA) is 110 Å². The van der Waals surface area contributed by atoms with Gasteiger partial charge in [0.05, 0.1) is 10.8 Å². The van der Waals surface area contributed by atoms with Crippen LogP contribution in [0.25, 0.3) is 27.7 Å². The van der Waals surface area contributed by atoms with E-state index in [1.165, 1.54) is 18.4 Å². The summed E-state index contributed by atoms with van der Waals surface area (Å²) >= 11 is 0. The van der Waals surface area contributed by atoms with Crippen molar-refractivity contribution < 1.29 is 9.47 Å². The number of hydrogen-bond donors (Lipinski definition) is 1. The van der Waals surface area contributed by atoms with Crippen molar-refractivity contribution in [2.24, 2.45) is 0 Å². The van der Waals surface area contributed by atoms with E-state index in [2.05, 4.69) is 59.2 Å². The average Bonchev–Trinajstić information content (AvgIpc) is 3.57. The molecule has 5 aromatic heterocycles. The second-order valence-corrected chi connectivity index (χ2v) is 23.1. The van der Waals surface area contributed by atoms with E-state index < -0.39 is 16.1 Å². The molecule has 12 heteroatoms. The molecule has 10 nitrogen and oxygen atoms in total. The van der Waals surface area contributed by atoms with Crippen LogP contribution >= 0.6 is 0 Å². The van der Waals surface area contributed by atoms with Gasteiger partial charge in [-0.15, -0.1) is 0 Å². The predicted octanol–water partition coefficient (Wildman–Crippen LogP) is 5.32. The number of ether oxygens (including phenoxy) is 2. The summed E-state index contributed by atoms with van der Waals surface area (Å²) in [6.45, 7) is 16.8. The standard InChI is InChI=1S/C14H20N4OSi.C12H20N4OSi/c1-20(2,3)9-8-19-11-18-6-4-12-13-15-5-7-17(13)10-16-14(12)18;1-18(2,3)7-6-17-9-16-5-4-10-11(13)14-8-15-12(10)16/h4-7,10H,8-9,11H2,1-3H3;4-5,8H,6-7,9H2,1-3H3,(H2,13,14,15). The maximum Gasteiger partial charge on any atom is 0.148 e. The molecule has 5 rings (SSSR count). The van der Waals surface area contributed by atoms with E-state index >= 15 is 0 Å². The molecule has 0 aliphatic heterocycles. The molecule has 204 valence electrons. The van der Waals surface area contributed by atoms with Crippen LogP contribution in [0, 0.1) is 0 Å². The molecule has 5 aromatic rings. The molecule has 0 aromatic carbocycles. The molecule has 2 N–H and O–H groups in total. The molecule has 0 fully saturated rings. The average molecular weight is 553 g/mol. The fourth-order valence-corrected chi connectivity index (χ4v) is 5.34. The SMILES string of the molecule is C[Si](C)(C)CCOCn1ccc2c(N)ncnc21.C[Si](C)(C)CCOCn1ccc2c1ncn1ccnc21. The molecule has 0 saturated carbocycles. The largest absolute Gasteiger partial charge is 0.383 e. The second kappa shape index (κ2) is 11.8. The van der Waals surface area contributed by atoms with Crippen LogP contribution in [-0.2, 0) is 22.9 Å². The van der Waals surface area contributed by atoms with Gasteiger partial charge in [0.1, 0.15) is 48.9 Å². The van der Waals surface area contributed by atoms with E-state index in [0.29, 0.717) is 19.3 Å². The lowest BCUT2D eigenvalue weighted by Gasteiger charge is -2.15. The normalized spacial score (nSPS) is 12.4. The van der Waals surface area contributed by atoms with Gasteiger partial charge in [-0.3, -0.25) is 4.40 Å². The summed E-state index contributed by atoms with van der Waals surface area (Å²) in [5.74, 6) is 0.515. The van der Waals surface area contributed by atoms with Crippen molar-refractivity contribution in [2.75, 3.05) is 18.9 Å². The van der Waals surface area contributed by atoms with Crippen LogP contribution in [0.3, 0.4) is 0 Å². The minimum atomic E-state index is -1.02. The van der Waals surface area contributed by atoms with E-state index in [0.717, 1.165) is 40.9 Å². The number of aromatic nitrogens is 7. The Balaban J connectivity index is 0.000000178. The lowest BCUT2D eigenvalue weighted by Crippen LogP contribution is -2.22. The first-order chi connectivity index (χ1) is 18.0. The molecule has 0 saturated heterocycles. The van der Waals surface area contributed by atoms with Crippen LogP contribution in [0.5, 0.6) is 0 Å². The first kappa shape index (κ1) is 28.0. The van der Waals surface area contributed by atoms with Crippen LogP contribution in [0.15, 0.2) is 49.6 Å². The molecule has 5 heterocycles. The van der Waals surface area contributed by atoms with Crippen molar-refractivity contribution >= 4 is 49.7 Å². The summed E-state index contributed by atoms with van der Waals surface area (Å²) in [6.07, 6.45) is 10.9. The van der Waals surface area contributed by atoms with Crippen molar-refractivity contribution in [1.29, 1.82) is 0 Å². The fraction of sp³-hybridized carbons (Fsp3) is 0.462. The van der Waals surface area contributed by atoms with Crippen LogP contribution < -0.4 is 5.73 Å². The third-order valence-corrected chi connectivity index (χ3v) is 9.60. The highest BCUT2D eigenvalue weighted by Gasteiger charge is 2.14. The molecule has 0 radical (unpaired) electrons. The Morgan fingerprint density at radius 2 is 1.29 bits per heavy atom. The third kappa shape index (κ3) is 7.28. The minimum Gasteiger partial charge on any atom is -0.383 e. The van der Waals surface area contributed by atoms with E-state index in [1.54, 1.807) is 12.5 Å². The van der Waals surface area contributed by atoms with Crippen LogP contribution in [0.1, 0.15) is 0 Å². The highest BCUT2D eigenvalue weighted by Crippen LogP contribution is 2.19. The zero-order chi connectivity index (χ0) is 27.3. The number of nitrogens with zero attached hydrogens (tertiary/aromatic N) is 7. The van der Waals surface area contributed by atoms with Gasteiger partial charge in [-0.05, 0) is 24.2 Å². The number of rotatable bonds is 10. The Labute approximate surface area is 225 Å². The van der Waals surface area contributed by atoms with Gasteiger partial charge >= 0.3 is 0 Å². The summed E-state index contributed by atoms with van der Waals surface area (Å²) in [5.41, 5.74) is 8.48. The van der Waals surface area contributed by atoms with Gasteiger partial charge < -0.3 is 24.3 Å². The number of imidazole rings is 1. The zero-order valence-corrected chi connectivity index (χ0v) is 25.4. The van der Waals surface area contributed by atoms with Gasteiger partial charge in [-0.1, -0.05) is 39.3 Å². The molecular formula is C26H40N8O2Si2. The Bertz CT molecular complexity index is 1480. The van der Waals surface area contributed by atoms with Crippen molar-refractivity contribution in [1.82, 2.24) is 33.5 Å². The molecule has 0 aliphatic carbocycles. The molecular weight excluding hydrogens is 513 g/mol.